The van der Waals surface area contributed by atoms with Crippen molar-refractivity contribution in [2.24, 2.45) is 0 Å². The smallest absolute Gasteiger partial charge is 0.165 e. The van der Waals surface area contributed by atoms with E-state index < -0.39 is 5.82 Å². The van der Waals surface area contributed by atoms with Gasteiger partial charge in [-0.15, -0.1) is 0 Å². The minimum absolute atomic E-state index is 0.0500. The molecular formula is C24H19F3O. The van der Waals surface area contributed by atoms with E-state index in [9.17, 15) is 13.2 Å². The van der Waals surface area contributed by atoms with Crippen LogP contribution >= 0.6 is 0 Å². The summed E-state index contributed by atoms with van der Waals surface area (Å²) in [6.07, 6.45) is 3.32. The van der Waals surface area contributed by atoms with E-state index >= 15 is 0 Å². The predicted octanol–water partition coefficient (Wildman–Crippen LogP) is 6.88. The van der Waals surface area contributed by atoms with E-state index in [1.165, 1.54) is 24.3 Å². The van der Waals surface area contributed by atoms with Gasteiger partial charge in [0.05, 0.1) is 0 Å². The number of rotatable bonds is 6. The summed E-state index contributed by atoms with van der Waals surface area (Å²) >= 11 is 0. The molecule has 0 radical (unpaired) electrons. The van der Waals surface area contributed by atoms with Crippen molar-refractivity contribution in [2.45, 2.75) is 24.7 Å². The lowest BCUT2D eigenvalue weighted by Gasteiger charge is -2.12. The minimum Gasteiger partial charge on any atom is -0.454 e. The molecule has 4 heteroatoms. The van der Waals surface area contributed by atoms with Gasteiger partial charge in [0.1, 0.15) is 17.4 Å². The molecule has 3 aromatic rings. The van der Waals surface area contributed by atoms with Gasteiger partial charge >= 0.3 is 0 Å². The molecule has 1 fully saturated rings. The van der Waals surface area contributed by atoms with Gasteiger partial charge in [0.25, 0.3) is 0 Å². The van der Waals surface area contributed by atoms with Crippen LogP contribution in [0, 0.1) is 11.6 Å². The molecule has 3 aromatic carbocycles. The molecule has 28 heavy (non-hydrogen) atoms. The number of hydrogen-bond acceptors (Lipinski definition) is 1. The van der Waals surface area contributed by atoms with Gasteiger partial charge in [-0.2, -0.15) is 0 Å². The van der Waals surface area contributed by atoms with E-state index in [1.54, 1.807) is 48.5 Å². The Bertz CT molecular complexity index is 990. The van der Waals surface area contributed by atoms with Crippen molar-refractivity contribution in [2.75, 3.05) is 0 Å². The number of hydrogen-bond donors (Lipinski definition) is 0. The van der Waals surface area contributed by atoms with E-state index in [-0.39, 0.29) is 29.2 Å². The molecule has 1 aliphatic carbocycles. The molecule has 0 aliphatic heterocycles. The van der Waals surface area contributed by atoms with Crippen LogP contribution in [0.2, 0.25) is 0 Å². The molecule has 0 saturated heterocycles. The highest BCUT2D eigenvalue weighted by molar-refractivity contribution is 5.40. The molecular weight excluding hydrogens is 361 g/mol. The predicted molar refractivity (Wildman–Crippen MR) is 103 cm³/mol. The van der Waals surface area contributed by atoms with Crippen molar-refractivity contribution in [3.8, 4) is 11.5 Å². The minimum atomic E-state index is -0.498. The maximum atomic E-state index is 14.7. The van der Waals surface area contributed by atoms with Crippen molar-refractivity contribution >= 4 is 0 Å². The summed E-state index contributed by atoms with van der Waals surface area (Å²) in [5, 5.41) is 0. The largest absolute Gasteiger partial charge is 0.454 e. The molecule has 1 nitrogen and oxygen atoms in total. The van der Waals surface area contributed by atoms with E-state index in [4.69, 9.17) is 4.74 Å². The van der Waals surface area contributed by atoms with Crippen LogP contribution in [0.15, 0.2) is 84.7 Å². The molecule has 4 rings (SSSR count). The monoisotopic (exact) mass is 380 g/mol. The van der Waals surface area contributed by atoms with Crippen molar-refractivity contribution in [3.63, 3.8) is 0 Å². The summed E-state index contributed by atoms with van der Waals surface area (Å²) in [4.78, 5) is 0. The van der Waals surface area contributed by atoms with Crippen molar-refractivity contribution in [1.82, 2.24) is 0 Å². The summed E-state index contributed by atoms with van der Waals surface area (Å²) in [5.74, 6) is -0.513. The zero-order valence-corrected chi connectivity index (χ0v) is 15.2. The molecule has 1 saturated carbocycles. The summed E-state index contributed by atoms with van der Waals surface area (Å²) in [5.41, 5.74) is 1.17. The lowest BCUT2D eigenvalue weighted by atomic mass is 9.94. The first-order chi connectivity index (χ1) is 13.5. The Hall–Kier alpha value is -3.01. The van der Waals surface area contributed by atoms with Gasteiger partial charge in [0.2, 0.25) is 0 Å². The Morgan fingerprint density at radius 2 is 1.64 bits per heavy atom. The van der Waals surface area contributed by atoms with Gasteiger partial charge in [-0.05, 0) is 66.4 Å². The van der Waals surface area contributed by atoms with Crippen LogP contribution in [0.25, 0.3) is 0 Å². The maximum Gasteiger partial charge on any atom is 0.165 e. The summed E-state index contributed by atoms with van der Waals surface area (Å²) in [7, 11) is 0. The van der Waals surface area contributed by atoms with Crippen LogP contribution in [-0.4, -0.2) is 0 Å². The lowest BCUT2D eigenvalue weighted by Crippen LogP contribution is -2.04. The maximum absolute atomic E-state index is 14.7. The average Bonchev–Trinajstić information content (AvgIpc) is 3.46. The molecule has 0 heterocycles. The average molecular weight is 380 g/mol. The van der Waals surface area contributed by atoms with Gasteiger partial charge in [0, 0.05) is 11.8 Å². The molecule has 0 spiro atoms. The Balaban J connectivity index is 1.51. The van der Waals surface area contributed by atoms with E-state index in [0.29, 0.717) is 11.3 Å². The first-order valence-electron chi connectivity index (χ1n) is 9.19. The normalized spacial score (nSPS) is 15.3. The first-order valence-corrected chi connectivity index (χ1v) is 9.19. The number of para-hydroxylation sites is 1. The highest BCUT2D eigenvalue weighted by Gasteiger charge is 2.42. The van der Waals surface area contributed by atoms with Crippen LogP contribution < -0.4 is 4.74 Å². The Morgan fingerprint density at radius 3 is 2.32 bits per heavy atom. The number of halogens is 3. The highest BCUT2D eigenvalue weighted by atomic mass is 19.1. The fourth-order valence-electron chi connectivity index (χ4n) is 3.33. The quantitative estimate of drug-likeness (QED) is 0.453. The third-order valence-electron chi connectivity index (χ3n) is 4.98. The van der Waals surface area contributed by atoms with Gasteiger partial charge in [-0.3, -0.25) is 0 Å². The van der Waals surface area contributed by atoms with E-state index in [2.05, 4.69) is 0 Å². The molecule has 0 bridgehead atoms. The van der Waals surface area contributed by atoms with Crippen molar-refractivity contribution < 1.29 is 17.9 Å². The molecule has 142 valence electrons. The fraction of sp³-hybridized carbons (Fsp3) is 0.167. The zero-order valence-electron chi connectivity index (χ0n) is 15.2. The third kappa shape index (κ3) is 4.11. The SMILES string of the molecule is FC(=CC1(c2ccc(F)cc2)CC1)Cc1ccc(F)c(Oc2ccccc2)c1. The molecule has 0 atom stereocenters. The van der Waals surface area contributed by atoms with Crippen molar-refractivity contribution in [3.05, 3.63) is 107 Å². The second-order valence-electron chi connectivity index (χ2n) is 7.11. The van der Waals surface area contributed by atoms with E-state index in [1.807, 2.05) is 6.07 Å². The van der Waals surface area contributed by atoms with Crippen molar-refractivity contribution in [1.29, 1.82) is 0 Å². The van der Waals surface area contributed by atoms with Crippen LogP contribution in [0.5, 0.6) is 11.5 Å². The second kappa shape index (κ2) is 7.55. The number of ether oxygens (including phenoxy) is 1. The van der Waals surface area contributed by atoms with Crippen LogP contribution in [0.3, 0.4) is 0 Å². The lowest BCUT2D eigenvalue weighted by molar-refractivity contribution is 0.441. The third-order valence-corrected chi connectivity index (χ3v) is 4.98. The van der Waals surface area contributed by atoms with E-state index in [0.717, 1.165) is 18.4 Å². The van der Waals surface area contributed by atoms with Crippen LogP contribution in [0.4, 0.5) is 13.2 Å². The topological polar surface area (TPSA) is 9.23 Å². The Morgan fingerprint density at radius 1 is 0.929 bits per heavy atom. The highest BCUT2D eigenvalue weighted by Crippen LogP contribution is 2.50. The van der Waals surface area contributed by atoms with Gasteiger partial charge in [-0.25, -0.2) is 13.2 Å². The summed E-state index contributed by atoms with van der Waals surface area (Å²) < 4.78 is 47.5. The van der Waals surface area contributed by atoms with Gasteiger partial charge in [-0.1, -0.05) is 36.4 Å². The van der Waals surface area contributed by atoms with Crippen LogP contribution in [0.1, 0.15) is 24.0 Å². The van der Waals surface area contributed by atoms with Crippen LogP contribution in [-0.2, 0) is 11.8 Å². The number of benzene rings is 3. The molecule has 0 N–H and O–H groups in total. The summed E-state index contributed by atoms with van der Waals surface area (Å²) in [6, 6.07) is 19.5. The molecule has 0 amide bonds. The molecule has 1 aliphatic rings. The number of allylic oxidation sites excluding steroid dienone is 2. The molecule has 0 aromatic heterocycles. The zero-order chi connectivity index (χ0) is 19.6. The molecule has 0 unspecified atom stereocenters. The standard InChI is InChI=1S/C24H19F3O/c25-19-9-7-18(8-10-19)24(12-13-24)16-20(26)14-17-6-11-22(27)23(15-17)28-21-4-2-1-3-5-21/h1-11,15-16H,12-14H2. The van der Waals surface area contributed by atoms with Gasteiger partial charge < -0.3 is 4.74 Å². The Labute approximate surface area is 162 Å². The van der Waals surface area contributed by atoms with Gasteiger partial charge in [0.15, 0.2) is 11.6 Å². The first kappa shape index (κ1) is 18.4. The fourth-order valence-corrected chi connectivity index (χ4v) is 3.33. The summed E-state index contributed by atoms with van der Waals surface area (Å²) in [6.45, 7) is 0. The Kier molecular flexibility index (Phi) is 4.95. The second-order valence-corrected chi connectivity index (χ2v) is 7.11.